The maximum Gasteiger partial charge on any atom is 0.416 e. The Kier molecular flexibility index (Phi) is 3.42. The van der Waals surface area contributed by atoms with Crippen molar-refractivity contribution in [3.63, 3.8) is 0 Å². The van der Waals surface area contributed by atoms with Crippen LogP contribution in [0.1, 0.15) is 43.4 Å². The lowest BCUT2D eigenvalue weighted by Gasteiger charge is -2.18. The Bertz CT molecular complexity index is 337. The smallest absolute Gasteiger partial charge is 0.166 e. The van der Waals surface area contributed by atoms with E-state index in [-0.39, 0.29) is 5.92 Å². The second-order valence-corrected chi connectivity index (χ2v) is 3.89. The van der Waals surface area contributed by atoms with E-state index in [4.69, 9.17) is 0 Å². The van der Waals surface area contributed by atoms with Crippen molar-refractivity contribution in [3.05, 3.63) is 34.9 Å². The fraction of sp³-hybridized carbons (Fsp3) is 0.500. The van der Waals surface area contributed by atoms with Gasteiger partial charge in [0, 0.05) is 0 Å². The third-order valence-corrected chi connectivity index (χ3v) is 2.47. The topological polar surface area (TPSA) is 0 Å². The summed E-state index contributed by atoms with van der Waals surface area (Å²) in [6.07, 6.45) is -3.83. The summed E-state index contributed by atoms with van der Waals surface area (Å²) in [4.78, 5) is 0. The Morgan fingerprint density at radius 2 is 1.80 bits per heavy atom. The van der Waals surface area contributed by atoms with E-state index >= 15 is 0 Å². The van der Waals surface area contributed by atoms with E-state index in [1.54, 1.807) is 39.0 Å². The van der Waals surface area contributed by atoms with E-state index < -0.39 is 11.7 Å². The van der Waals surface area contributed by atoms with E-state index in [9.17, 15) is 13.2 Å². The molecule has 0 saturated carbocycles. The van der Waals surface area contributed by atoms with E-state index in [0.717, 1.165) is 0 Å². The van der Waals surface area contributed by atoms with Gasteiger partial charge in [0.05, 0.1) is 5.56 Å². The molecule has 0 aliphatic heterocycles. The van der Waals surface area contributed by atoms with Gasteiger partial charge in [0.25, 0.3) is 0 Å². The van der Waals surface area contributed by atoms with Gasteiger partial charge in [0.1, 0.15) is 0 Å². The molecule has 1 rings (SSSR count). The van der Waals surface area contributed by atoms with Crippen LogP contribution in [0.25, 0.3) is 0 Å². The molecule has 3 heteroatoms. The maximum atomic E-state index is 12.9. The van der Waals surface area contributed by atoms with Gasteiger partial charge in [-0.1, -0.05) is 39.0 Å². The minimum Gasteiger partial charge on any atom is -0.166 e. The van der Waals surface area contributed by atoms with Crippen molar-refractivity contribution in [2.45, 2.75) is 39.3 Å². The zero-order valence-electron chi connectivity index (χ0n) is 9.15. The number of rotatable bonds is 2. The lowest BCUT2D eigenvalue weighted by molar-refractivity contribution is -0.138. The summed E-state index contributed by atoms with van der Waals surface area (Å²) in [5.41, 5.74) is 0.332. The van der Waals surface area contributed by atoms with Crippen molar-refractivity contribution in [2.75, 3.05) is 0 Å². The average Bonchev–Trinajstić information content (AvgIpc) is 2.15. The van der Waals surface area contributed by atoms with Crippen molar-refractivity contribution < 1.29 is 13.2 Å². The van der Waals surface area contributed by atoms with Crippen LogP contribution in [0.2, 0.25) is 0 Å². The summed E-state index contributed by atoms with van der Waals surface area (Å²) in [5.74, 6) is -0.104. The SMILES string of the molecule is CCc1cccc(C(C)C)c1C(F)(F)F. The molecule has 0 saturated heterocycles. The molecule has 0 unspecified atom stereocenters. The Balaban J connectivity index is 3.41. The number of benzene rings is 1. The van der Waals surface area contributed by atoms with Crippen molar-refractivity contribution in [1.82, 2.24) is 0 Å². The molecule has 0 N–H and O–H groups in total. The highest BCUT2D eigenvalue weighted by molar-refractivity contribution is 5.39. The zero-order valence-corrected chi connectivity index (χ0v) is 9.15. The molecule has 0 bridgehead atoms. The number of hydrogen-bond acceptors (Lipinski definition) is 0. The molecule has 0 nitrogen and oxygen atoms in total. The van der Waals surface area contributed by atoms with Crippen LogP contribution in [0.3, 0.4) is 0 Å². The molecule has 0 aliphatic rings. The summed E-state index contributed by atoms with van der Waals surface area (Å²) in [6.45, 7) is 5.31. The van der Waals surface area contributed by atoms with Crippen LogP contribution >= 0.6 is 0 Å². The fourth-order valence-corrected chi connectivity index (χ4v) is 1.74. The number of halogens is 3. The summed E-state index contributed by atoms with van der Waals surface area (Å²) in [5, 5.41) is 0. The Morgan fingerprint density at radius 1 is 1.20 bits per heavy atom. The standard InChI is InChI=1S/C12H15F3/c1-4-9-6-5-7-10(8(2)3)11(9)12(13,14)15/h5-8H,4H2,1-3H3. The van der Waals surface area contributed by atoms with E-state index in [0.29, 0.717) is 17.5 Å². The van der Waals surface area contributed by atoms with Gasteiger partial charge in [-0.2, -0.15) is 13.2 Å². The molecule has 0 atom stereocenters. The van der Waals surface area contributed by atoms with Gasteiger partial charge in [-0.25, -0.2) is 0 Å². The Morgan fingerprint density at radius 3 is 2.20 bits per heavy atom. The van der Waals surface area contributed by atoms with Crippen molar-refractivity contribution in [1.29, 1.82) is 0 Å². The van der Waals surface area contributed by atoms with Gasteiger partial charge < -0.3 is 0 Å². The Labute approximate surface area is 88.1 Å². The first kappa shape index (κ1) is 12.1. The molecule has 0 spiro atoms. The highest BCUT2D eigenvalue weighted by Crippen LogP contribution is 2.37. The van der Waals surface area contributed by atoms with Crippen molar-refractivity contribution >= 4 is 0 Å². The second-order valence-electron chi connectivity index (χ2n) is 3.89. The van der Waals surface area contributed by atoms with Gasteiger partial charge in [0.2, 0.25) is 0 Å². The normalized spacial score (nSPS) is 12.2. The fourth-order valence-electron chi connectivity index (χ4n) is 1.74. The molecular weight excluding hydrogens is 201 g/mol. The molecule has 0 amide bonds. The van der Waals surface area contributed by atoms with Crippen molar-refractivity contribution in [3.8, 4) is 0 Å². The lowest BCUT2D eigenvalue weighted by atomic mass is 9.92. The van der Waals surface area contributed by atoms with Gasteiger partial charge in [-0.05, 0) is 23.5 Å². The van der Waals surface area contributed by atoms with Gasteiger partial charge in [-0.3, -0.25) is 0 Å². The average molecular weight is 216 g/mol. The molecule has 0 aromatic heterocycles. The first-order valence-corrected chi connectivity index (χ1v) is 5.06. The van der Waals surface area contributed by atoms with Gasteiger partial charge in [0.15, 0.2) is 0 Å². The second kappa shape index (κ2) is 4.25. The highest BCUT2D eigenvalue weighted by atomic mass is 19.4. The van der Waals surface area contributed by atoms with Crippen LogP contribution in [0, 0.1) is 0 Å². The van der Waals surface area contributed by atoms with E-state index in [2.05, 4.69) is 0 Å². The molecule has 0 radical (unpaired) electrons. The summed E-state index contributed by atoms with van der Waals surface area (Å²) in [6, 6.07) is 4.81. The van der Waals surface area contributed by atoms with Crippen LogP contribution in [0.4, 0.5) is 13.2 Å². The third-order valence-electron chi connectivity index (χ3n) is 2.47. The Hall–Kier alpha value is -0.990. The van der Waals surface area contributed by atoms with E-state index in [1.807, 2.05) is 0 Å². The minimum absolute atomic E-state index is 0.104. The van der Waals surface area contributed by atoms with Crippen LogP contribution in [0.5, 0.6) is 0 Å². The molecular formula is C12H15F3. The predicted molar refractivity (Wildman–Crippen MR) is 54.9 cm³/mol. The molecule has 15 heavy (non-hydrogen) atoms. The monoisotopic (exact) mass is 216 g/mol. The summed E-state index contributed by atoms with van der Waals surface area (Å²) >= 11 is 0. The van der Waals surface area contributed by atoms with E-state index in [1.165, 1.54) is 0 Å². The lowest BCUT2D eigenvalue weighted by Crippen LogP contribution is -2.13. The molecule has 0 aliphatic carbocycles. The molecule has 1 aromatic rings. The largest absolute Gasteiger partial charge is 0.416 e. The highest BCUT2D eigenvalue weighted by Gasteiger charge is 2.35. The van der Waals surface area contributed by atoms with Gasteiger partial charge in [-0.15, -0.1) is 0 Å². The first-order valence-electron chi connectivity index (χ1n) is 5.06. The molecule has 0 heterocycles. The maximum absolute atomic E-state index is 12.9. The molecule has 84 valence electrons. The van der Waals surface area contributed by atoms with Gasteiger partial charge >= 0.3 is 6.18 Å². The predicted octanol–water partition coefficient (Wildman–Crippen LogP) is 4.39. The van der Waals surface area contributed by atoms with Crippen LogP contribution in [0.15, 0.2) is 18.2 Å². The number of aryl methyl sites for hydroxylation is 1. The number of alkyl halides is 3. The van der Waals surface area contributed by atoms with Crippen LogP contribution in [-0.2, 0) is 12.6 Å². The van der Waals surface area contributed by atoms with Crippen LogP contribution < -0.4 is 0 Å². The summed E-state index contributed by atoms with van der Waals surface area (Å²) in [7, 11) is 0. The van der Waals surface area contributed by atoms with Crippen molar-refractivity contribution in [2.24, 2.45) is 0 Å². The quantitative estimate of drug-likeness (QED) is 0.687. The zero-order chi connectivity index (χ0) is 11.6. The molecule has 0 fully saturated rings. The number of hydrogen-bond donors (Lipinski definition) is 0. The minimum atomic E-state index is -4.24. The third kappa shape index (κ3) is 2.52. The first-order chi connectivity index (χ1) is 6.88. The van der Waals surface area contributed by atoms with Crippen LogP contribution in [-0.4, -0.2) is 0 Å². The summed E-state index contributed by atoms with van der Waals surface area (Å²) < 4.78 is 38.6. The molecule has 1 aromatic carbocycles.